The molecule has 0 fully saturated rings. The first-order chi connectivity index (χ1) is 11.7. The molecular weight excluding hydrogens is 318 g/mol. The van der Waals surface area contributed by atoms with E-state index in [9.17, 15) is 4.79 Å². The molecule has 0 unspecified atom stereocenters. The zero-order valence-corrected chi connectivity index (χ0v) is 13.5. The Labute approximate surface area is 144 Å². The van der Waals surface area contributed by atoms with Crippen molar-refractivity contribution in [1.82, 2.24) is 4.98 Å². The summed E-state index contributed by atoms with van der Waals surface area (Å²) in [5.74, 6) is 0.0120. The average Bonchev–Trinajstić information content (AvgIpc) is 3.11. The molecule has 1 heterocycles. The lowest BCUT2D eigenvalue weighted by Crippen LogP contribution is -2.02. The number of carbonyl (C=O) groups is 1. The first kappa shape index (κ1) is 14.7. The van der Waals surface area contributed by atoms with Crippen LogP contribution in [0.4, 0.5) is 0 Å². The van der Waals surface area contributed by atoms with E-state index in [1.807, 2.05) is 72.9 Å². The summed E-state index contributed by atoms with van der Waals surface area (Å²) in [6.07, 6.45) is 3.61. The molecule has 2 nitrogen and oxygen atoms in total. The second-order valence-electron chi connectivity index (χ2n) is 5.65. The number of hydrogen-bond donors (Lipinski definition) is 1. The van der Waals surface area contributed by atoms with E-state index >= 15 is 0 Å². The lowest BCUT2D eigenvalue weighted by atomic mass is 9.94. The molecule has 0 bridgehead atoms. The Morgan fingerprint density at radius 2 is 1.54 bits per heavy atom. The molecule has 116 valence electrons. The molecule has 0 atom stereocenters. The van der Waals surface area contributed by atoms with Crippen LogP contribution in [-0.2, 0) is 0 Å². The molecule has 0 aliphatic rings. The number of halogens is 1. The van der Waals surface area contributed by atoms with Crippen LogP contribution in [0.3, 0.4) is 0 Å². The van der Waals surface area contributed by atoms with E-state index in [1.54, 1.807) is 6.20 Å². The van der Waals surface area contributed by atoms with E-state index in [4.69, 9.17) is 11.6 Å². The Kier molecular flexibility index (Phi) is 3.68. The smallest absolute Gasteiger partial charge is 0.195 e. The predicted molar refractivity (Wildman–Crippen MR) is 98.6 cm³/mol. The van der Waals surface area contributed by atoms with E-state index in [0.29, 0.717) is 16.1 Å². The second-order valence-corrected chi connectivity index (χ2v) is 6.08. The third-order valence-corrected chi connectivity index (χ3v) is 4.43. The minimum atomic E-state index is 0.0120. The van der Waals surface area contributed by atoms with Crippen LogP contribution < -0.4 is 0 Å². The first-order valence-corrected chi connectivity index (χ1v) is 8.07. The van der Waals surface area contributed by atoms with Gasteiger partial charge < -0.3 is 4.98 Å². The van der Waals surface area contributed by atoms with Gasteiger partial charge in [-0.2, -0.15) is 0 Å². The number of H-pyrrole nitrogens is 1. The highest BCUT2D eigenvalue weighted by Crippen LogP contribution is 2.29. The van der Waals surface area contributed by atoms with Gasteiger partial charge in [0.2, 0.25) is 0 Å². The monoisotopic (exact) mass is 331 g/mol. The standard InChI is InChI=1S/C21H14ClNO/c22-16-10-8-15(9-11-16)19-12-23-13-20(19)21(24)18-7-3-5-14-4-1-2-6-17(14)18/h1-13,23H. The number of nitrogens with one attached hydrogen (secondary N) is 1. The Bertz CT molecular complexity index is 1030. The SMILES string of the molecule is O=C(c1c[nH]cc1-c1ccc(Cl)cc1)c1cccc2ccccc12. The molecule has 24 heavy (non-hydrogen) atoms. The number of aromatic amines is 1. The van der Waals surface area contributed by atoms with Gasteiger partial charge >= 0.3 is 0 Å². The van der Waals surface area contributed by atoms with Gasteiger partial charge in [-0.3, -0.25) is 4.79 Å². The van der Waals surface area contributed by atoms with Gasteiger partial charge in [0.25, 0.3) is 0 Å². The third-order valence-electron chi connectivity index (χ3n) is 4.18. The molecule has 1 N–H and O–H groups in total. The lowest BCUT2D eigenvalue weighted by molar-refractivity contribution is 0.104. The lowest BCUT2D eigenvalue weighted by Gasteiger charge is -2.07. The zero-order chi connectivity index (χ0) is 16.5. The number of carbonyl (C=O) groups excluding carboxylic acids is 1. The highest BCUT2D eigenvalue weighted by molar-refractivity contribution is 6.30. The summed E-state index contributed by atoms with van der Waals surface area (Å²) in [5.41, 5.74) is 3.21. The van der Waals surface area contributed by atoms with Crippen LogP contribution in [0, 0.1) is 0 Å². The van der Waals surface area contributed by atoms with Crippen LogP contribution in [-0.4, -0.2) is 10.8 Å². The highest BCUT2D eigenvalue weighted by Gasteiger charge is 2.17. The van der Waals surface area contributed by atoms with Gasteiger partial charge in [0.15, 0.2) is 5.78 Å². The fourth-order valence-corrected chi connectivity index (χ4v) is 3.11. The Morgan fingerprint density at radius 3 is 2.38 bits per heavy atom. The van der Waals surface area contributed by atoms with Crippen LogP contribution in [0.5, 0.6) is 0 Å². The van der Waals surface area contributed by atoms with Crippen molar-refractivity contribution in [3.05, 3.63) is 95.3 Å². The van der Waals surface area contributed by atoms with Crippen molar-refractivity contribution in [1.29, 1.82) is 0 Å². The first-order valence-electron chi connectivity index (χ1n) is 7.69. The normalized spacial score (nSPS) is 10.9. The van der Waals surface area contributed by atoms with Crippen molar-refractivity contribution in [2.75, 3.05) is 0 Å². The molecule has 0 aliphatic heterocycles. The number of fused-ring (bicyclic) bond motifs is 1. The fourth-order valence-electron chi connectivity index (χ4n) is 2.99. The second kappa shape index (κ2) is 5.99. The summed E-state index contributed by atoms with van der Waals surface area (Å²) in [7, 11) is 0. The van der Waals surface area contributed by atoms with Crippen LogP contribution in [0.25, 0.3) is 21.9 Å². The molecule has 0 saturated carbocycles. The summed E-state index contributed by atoms with van der Waals surface area (Å²) in [4.78, 5) is 16.2. The third kappa shape index (κ3) is 2.51. The molecule has 1 aromatic heterocycles. The topological polar surface area (TPSA) is 32.9 Å². The highest BCUT2D eigenvalue weighted by atomic mass is 35.5. The molecule has 0 amide bonds. The van der Waals surface area contributed by atoms with Crippen molar-refractivity contribution < 1.29 is 4.79 Å². The molecular formula is C21H14ClNO. The maximum Gasteiger partial charge on any atom is 0.195 e. The van der Waals surface area contributed by atoms with Gasteiger partial charge in [0.1, 0.15) is 0 Å². The van der Waals surface area contributed by atoms with Gasteiger partial charge in [-0.05, 0) is 28.5 Å². The Morgan fingerprint density at radius 1 is 0.792 bits per heavy atom. The average molecular weight is 332 g/mol. The summed E-state index contributed by atoms with van der Waals surface area (Å²) < 4.78 is 0. The number of benzene rings is 3. The molecule has 0 saturated heterocycles. The van der Waals surface area contributed by atoms with Crippen molar-refractivity contribution in [3.8, 4) is 11.1 Å². The largest absolute Gasteiger partial charge is 0.366 e. The summed E-state index contributed by atoms with van der Waals surface area (Å²) in [6.45, 7) is 0. The van der Waals surface area contributed by atoms with E-state index in [-0.39, 0.29) is 5.78 Å². The maximum absolute atomic E-state index is 13.1. The molecule has 0 radical (unpaired) electrons. The Hall–Kier alpha value is -2.84. The minimum Gasteiger partial charge on any atom is -0.366 e. The molecule has 0 aliphatic carbocycles. The van der Waals surface area contributed by atoms with E-state index in [1.165, 1.54) is 0 Å². The molecule has 4 aromatic rings. The van der Waals surface area contributed by atoms with Gasteiger partial charge in [-0.25, -0.2) is 0 Å². The van der Waals surface area contributed by atoms with Crippen LogP contribution in [0.2, 0.25) is 5.02 Å². The van der Waals surface area contributed by atoms with E-state index < -0.39 is 0 Å². The van der Waals surface area contributed by atoms with Gasteiger partial charge in [-0.1, -0.05) is 66.2 Å². The summed E-state index contributed by atoms with van der Waals surface area (Å²) in [6, 6.07) is 21.3. The predicted octanol–water partition coefficient (Wildman–Crippen LogP) is 5.72. The molecule has 4 rings (SSSR count). The summed E-state index contributed by atoms with van der Waals surface area (Å²) in [5, 5.41) is 2.71. The van der Waals surface area contributed by atoms with Crippen molar-refractivity contribution in [2.45, 2.75) is 0 Å². The Balaban J connectivity index is 1.84. The van der Waals surface area contributed by atoms with Crippen molar-refractivity contribution in [2.24, 2.45) is 0 Å². The van der Waals surface area contributed by atoms with Crippen LogP contribution in [0.15, 0.2) is 79.1 Å². The van der Waals surface area contributed by atoms with Gasteiger partial charge in [-0.15, -0.1) is 0 Å². The number of hydrogen-bond acceptors (Lipinski definition) is 1. The zero-order valence-electron chi connectivity index (χ0n) is 12.8. The molecule has 3 heteroatoms. The maximum atomic E-state index is 13.1. The van der Waals surface area contributed by atoms with Crippen molar-refractivity contribution in [3.63, 3.8) is 0 Å². The van der Waals surface area contributed by atoms with Gasteiger partial charge in [0, 0.05) is 34.1 Å². The molecule has 0 spiro atoms. The van der Waals surface area contributed by atoms with E-state index in [2.05, 4.69) is 4.98 Å². The van der Waals surface area contributed by atoms with Crippen LogP contribution in [0.1, 0.15) is 15.9 Å². The van der Waals surface area contributed by atoms with Crippen molar-refractivity contribution >= 4 is 28.2 Å². The molecule has 3 aromatic carbocycles. The van der Waals surface area contributed by atoms with E-state index in [0.717, 1.165) is 21.9 Å². The fraction of sp³-hybridized carbons (Fsp3) is 0. The summed E-state index contributed by atoms with van der Waals surface area (Å²) >= 11 is 5.96. The number of ketones is 1. The number of aromatic nitrogens is 1. The number of rotatable bonds is 3. The minimum absolute atomic E-state index is 0.0120. The van der Waals surface area contributed by atoms with Crippen LogP contribution >= 0.6 is 11.6 Å². The quantitative estimate of drug-likeness (QED) is 0.478. The van der Waals surface area contributed by atoms with Gasteiger partial charge in [0.05, 0.1) is 0 Å².